The van der Waals surface area contributed by atoms with E-state index in [0.29, 0.717) is 16.7 Å². The minimum Gasteiger partial charge on any atom is -0.455 e. The SMILES string of the molecule is O=S(=O)(Nc1ncccn1)c1ccc(-c2ccc(/C=N/Nc3nc4ccccc4s3)o2)cc1. The van der Waals surface area contributed by atoms with E-state index in [9.17, 15) is 8.42 Å². The van der Waals surface area contributed by atoms with E-state index in [-0.39, 0.29) is 10.8 Å². The number of sulfonamides is 1. The van der Waals surface area contributed by atoms with Crippen LogP contribution in [0, 0.1) is 0 Å². The van der Waals surface area contributed by atoms with E-state index in [1.54, 1.807) is 36.5 Å². The molecule has 0 radical (unpaired) electrons. The third kappa shape index (κ3) is 4.73. The predicted octanol–water partition coefficient (Wildman–Crippen LogP) is 4.59. The number of hydrazone groups is 1. The van der Waals surface area contributed by atoms with Crippen molar-refractivity contribution in [2.24, 2.45) is 5.10 Å². The Balaban J connectivity index is 1.26. The third-order valence-corrected chi connectivity index (χ3v) is 6.80. The molecule has 3 heterocycles. The van der Waals surface area contributed by atoms with Crippen LogP contribution in [0.2, 0.25) is 0 Å². The number of furan rings is 1. The molecule has 0 fully saturated rings. The highest BCUT2D eigenvalue weighted by atomic mass is 32.2. The molecular weight excluding hydrogens is 460 g/mol. The molecule has 0 aliphatic rings. The highest BCUT2D eigenvalue weighted by Crippen LogP contribution is 2.26. The molecule has 0 aliphatic carbocycles. The van der Waals surface area contributed by atoms with Gasteiger partial charge in [0.25, 0.3) is 10.0 Å². The molecule has 11 heteroatoms. The molecule has 0 aliphatic heterocycles. The molecule has 0 saturated heterocycles. The topological polar surface area (TPSA) is 122 Å². The van der Waals surface area contributed by atoms with Crippen LogP contribution in [0.25, 0.3) is 21.5 Å². The lowest BCUT2D eigenvalue weighted by Crippen LogP contribution is -2.14. The second-order valence-corrected chi connectivity index (χ2v) is 9.47. The van der Waals surface area contributed by atoms with E-state index in [1.807, 2.05) is 24.3 Å². The first-order valence-electron chi connectivity index (χ1n) is 9.72. The summed E-state index contributed by atoms with van der Waals surface area (Å²) in [5.41, 5.74) is 4.55. The van der Waals surface area contributed by atoms with Gasteiger partial charge in [0.2, 0.25) is 11.1 Å². The molecule has 0 bridgehead atoms. The van der Waals surface area contributed by atoms with E-state index in [0.717, 1.165) is 15.8 Å². The summed E-state index contributed by atoms with van der Waals surface area (Å²) in [5.74, 6) is 1.13. The number of hydrogen-bond donors (Lipinski definition) is 2. The molecule has 164 valence electrons. The van der Waals surface area contributed by atoms with Gasteiger partial charge in [-0.25, -0.2) is 28.1 Å². The second kappa shape index (κ2) is 8.81. The summed E-state index contributed by atoms with van der Waals surface area (Å²) in [6.07, 6.45) is 4.47. The van der Waals surface area contributed by atoms with Crippen molar-refractivity contribution < 1.29 is 12.8 Å². The summed E-state index contributed by atoms with van der Waals surface area (Å²) in [5, 5.41) is 4.87. The van der Waals surface area contributed by atoms with Crippen LogP contribution in [0.5, 0.6) is 0 Å². The molecule has 33 heavy (non-hydrogen) atoms. The third-order valence-electron chi connectivity index (χ3n) is 4.51. The van der Waals surface area contributed by atoms with Crippen molar-refractivity contribution in [2.45, 2.75) is 4.90 Å². The Bertz CT molecular complexity index is 1490. The minimum absolute atomic E-state index is 0.0102. The van der Waals surface area contributed by atoms with Crippen LogP contribution in [0.3, 0.4) is 0 Å². The fourth-order valence-corrected chi connectivity index (χ4v) is 4.75. The van der Waals surface area contributed by atoms with Crippen molar-refractivity contribution in [1.82, 2.24) is 15.0 Å². The van der Waals surface area contributed by atoms with Gasteiger partial charge in [0.1, 0.15) is 11.5 Å². The van der Waals surface area contributed by atoms with Gasteiger partial charge in [-0.3, -0.25) is 5.43 Å². The first kappa shape index (κ1) is 20.8. The first-order valence-corrected chi connectivity index (χ1v) is 12.0. The van der Waals surface area contributed by atoms with E-state index in [1.165, 1.54) is 35.9 Å². The van der Waals surface area contributed by atoms with E-state index in [2.05, 4.69) is 30.2 Å². The van der Waals surface area contributed by atoms with E-state index >= 15 is 0 Å². The van der Waals surface area contributed by atoms with Crippen LogP contribution in [-0.2, 0) is 10.0 Å². The lowest BCUT2D eigenvalue weighted by molar-refractivity contribution is 0.575. The number of fused-ring (bicyclic) bond motifs is 1. The molecular formula is C22H16N6O3S2. The van der Waals surface area contributed by atoms with Gasteiger partial charge >= 0.3 is 0 Å². The number of anilines is 2. The Labute approximate surface area is 192 Å². The van der Waals surface area contributed by atoms with Crippen molar-refractivity contribution in [3.8, 4) is 11.3 Å². The molecule has 5 aromatic rings. The van der Waals surface area contributed by atoms with E-state index < -0.39 is 10.0 Å². The molecule has 0 atom stereocenters. The van der Waals surface area contributed by atoms with Gasteiger partial charge in [0.15, 0.2) is 0 Å². The monoisotopic (exact) mass is 476 g/mol. The molecule has 0 amide bonds. The zero-order valence-corrected chi connectivity index (χ0v) is 18.5. The van der Waals surface area contributed by atoms with Crippen LogP contribution in [-0.4, -0.2) is 29.6 Å². The molecule has 2 N–H and O–H groups in total. The Kier molecular flexibility index (Phi) is 5.55. The lowest BCUT2D eigenvalue weighted by atomic mass is 10.2. The number of nitrogens with one attached hydrogen (secondary N) is 2. The number of rotatable bonds is 7. The zero-order chi connectivity index (χ0) is 22.7. The molecule has 0 unspecified atom stereocenters. The van der Waals surface area contributed by atoms with Gasteiger partial charge in [0.05, 0.1) is 21.3 Å². The summed E-state index contributed by atoms with van der Waals surface area (Å²) in [7, 11) is -3.80. The standard InChI is InChI=1S/C22H16N6O3S2/c29-33(30,28-21-23-12-3-13-24-21)17-9-6-15(7-10-17)19-11-8-16(31-19)14-25-27-22-26-18-4-1-2-5-20(18)32-22/h1-14H,(H,26,27)(H,23,24,28)/b25-14+. The summed E-state index contributed by atoms with van der Waals surface area (Å²) in [6, 6.07) is 19.3. The number of hydrogen-bond acceptors (Lipinski definition) is 9. The maximum Gasteiger partial charge on any atom is 0.264 e. The number of para-hydroxylation sites is 1. The summed E-state index contributed by atoms with van der Waals surface area (Å²) in [4.78, 5) is 12.3. The fraction of sp³-hybridized carbons (Fsp3) is 0. The molecule has 3 aromatic heterocycles. The maximum atomic E-state index is 12.5. The number of nitrogens with zero attached hydrogens (tertiary/aromatic N) is 4. The summed E-state index contributed by atoms with van der Waals surface area (Å²) < 4.78 is 34.2. The lowest BCUT2D eigenvalue weighted by Gasteiger charge is -2.06. The van der Waals surface area contributed by atoms with Crippen LogP contribution in [0.4, 0.5) is 11.1 Å². The van der Waals surface area contributed by atoms with Crippen molar-refractivity contribution in [3.05, 3.63) is 84.9 Å². The molecule has 0 saturated carbocycles. The molecule has 9 nitrogen and oxygen atoms in total. The fourth-order valence-electron chi connectivity index (χ4n) is 2.98. The maximum absolute atomic E-state index is 12.5. The Morgan fingerprint density at radius 2 is 1.73 bits per heavy atom. The average molecular weight is 477 g/mol. The average Bonchev–Trinajstić information content (AvgIpc) is 3.46. The van der Waals surface area contributed by atoms with Gasteiger partial charge in [-0.15, -0.1) is 0 Å². The van der Waals surface area contributed by atoms with Crippen molar-refractivity contribution >= 4 is 48.9 Å². The number of benzene rings is 2. The van der Waals surface area contributed by atoms with Gasteiger partial charge < -0.3 is 4.42 Å². The predicted molar refractivity (Wildman–Crippen MR) is 128 cm³/mol. The van der Waals surface area contributed by atoms with Gasteiger partial charge in [0, 0.05) is 18.0 Å². The van der Waals surface area contributed by atoms with Crippen LogP contribution in [0.15, 0.2) is 93.5 Å². The Hall–Kier alpha value is -4.09. The van der Waals surface area contributed by atoms with Crippen molar-refractivity contribution in [1.29, 1.82) is 0 Å². The van der Waals surface area contributed by atoms with Crippen LogP contribution >= 0.6 is 11.3 Å². The van der Waals surface area contributed by atoms with Gasteiger partial charge in [-0.1, -0.05) is 23.5 Å². The van der Waals surface area contributed by atoms with Gasteiger partial charge in [-0.2, -0.15) is 5.10 Å². The quantitative estimate of drug-likeness (QED) is 0.260. The highest BCUT2D eigenvalue weighted by Gasteiger charge is 2.16. The largest absolute Gasteiger partial charge is 0.455 e. The zero-order valence-electron chi connectivity index (χ0n) is 16.9. The smallest absolute Gasteiger partial charge is 0.264 e. The highest BCUT2D eigenvalue weighted by molar-refractivity contribution is 7.92. The van der Waals surface area contributed by atoms with Crippen LogP contribution in [0.1, 0.15) is 5.76 Å². The summed E-state index contributed by atoms with van der Waals surface area (Å²) >= 11 is 1.51. The molecule has 0 spiro atoms. The van der Waals surface area contributed by atoms with Crippen molar-refractivity contribution in [2.75, 3.05) is 10.1 Å². The van der Waals surface area contributed by atoms with Gasteiger partial charge in [-0.05, 0) is 54.6 Å². The number of aromatic nitrogens is 3. The minimum atomic E-state index is -3.80. The van der Waals surface area contributed by atoms with Crippen LogP contribution < -0.4 is 10.1 Å². The van der Waals surface area contributed by atoms with E-state index in [4.69, 9.17) is 4.42 Å². The Morgan fingerprint density at radius 3 is 2.52 bits per heavy atom. The summed E-state index contributed by atoms with van der Waals surface area (Å²) in [6.45, 7) is 0. The Morgan fingerprint density at radius 1 is 0.939 bits per heavy atom. The first-order chi connectivity index (χ1) is 16.1. The number of thiazole rings is 1. The van der Waals surface area contributed by atoms with Crippen molar-refractivity contribution in [3.63, 3.8) is 0 Å². The molecule has 5 rings (SSSR count). The molecule has 2 aromatic carbocycles. The normalized spacial score (nSPS) is 11.8. The second-order valence-electron chi connectivity index (χ2n) is 6.76.